The number of benzene rings is 3. The number of nitro groups is 1. The highest BCUT2D eigenvalue weighted by Crippen LogP contribution is 2.23. The second-order valence-electron chi connectivity index (χ2n) is 6.18. The van der Waals surface area contributed by atoms with Crippen LogP contribution in [0.1, 0.15) is 22.3 Å². The maximum Gasteiger partial charge on any atom is 0.269 e. The summed E-state index contributed by atoms with van der Waals surface area (Å²) in [5, 5.41) is 23.7. The van der Waals surface area contributed by atoms with Gasteiger partial charge in [-0.25, -0.2) is 0 Å². The van der Waals surface area contributed by atoms with Gasteiger partial charge in [-0.3, -0.25) is 10.1 Å². The van der Waals surface area contributed by atoms with Crippen molar-refractivity contribution in [3.05, 3.63) is 103 Å². The molecule has 0 aliphatic rings. The Morgan fingerprint density at radius 2 is 1.87 bits per heavy atom. The average molecular weight is 513 g/mol. The number of hydrogen-bond acceptors (Lipinski definition) is 6. The van der Waals surface area contributed by atoms with Crippen LogP contribution in [-0.4, -0.2) is 11.1 Å². The molecule has 0 saturated carbocycles. The molecule has 30 heavy (non-hydrogen) atoms. The molecule has 3 aromatic rings. The molecule has 0 heterocycles. The highest BCUT2D eigenvalue weighted by atomic mass is 127. The van der Waals surface area contributed by atoms with Gasteiger partial charge in [0.1, 0.15) is 19.0 Å². The van der Waals surface area contributed by atoms with E-state index in [1.165, 1.54) is 12.1 Å². The summed E-state index contributed by atoms with van der Waals surface area (Å²) in [6.07, 6.45) is 1.59. The molecule has 8 heteroatoms. The SMILES string of the molecule is N#Cc1ccccc1CO/N=C\c1ccc(OCc2ccc([N+](=O)[O-])cc2)c(I)c1. The molecule has 0 bridgehead atoms. The van der Waals surface area contributed by atoms with E-state index in [0.717, 1.165) is 20.3 Å². The van der Waals surface area contributed by atoms with Crippen molar-refractivity contribution in [2.75, 3.05) is 0 Å². The Morgan fingerprint density at radius 3 is 2.57 bits per heavy atom. The Hall–Kier alpha value is -3.45. The van der Waals surface area contributed by atoms with Crippen LogP contribution < -0.4 is 4.74 Å². The lowest BCUT2D eigenvalue weighted by atomic mass is 10.1. The predicted molar refractivity (Wildman–Crippen MR) is 120 cm³/mol. The van der Waals surface area contributed by atoms with Gasteiger partial charge in [0.15, 0.2) is 0 Å². The number of rotatable bonds is 8. The monoisotopic (exact) mass is 513 g/mol. The van der Waals surface area contributed by atoms with Crippen molar-refractivity contribution in [3.63, 3.8) is 0 Å². The van der Waals surface area contributed by atoms with Crippen molar-refractivity contribution in [2.45, 2.75) is 13.2 Å². The third kappa shape index (κ3) is 5.78. The van der Waals surface area contributed by atoms with E-state index in [4.69, 9.17) is 14.8 Å². The number of nitro benzene ring substituents is 1. The Balaban J connectivity index is 1.55. The first-order chi connectivity index (χ1) is 14.6. The number of nitrogens with zero attached hydrogens (tertiary/aromatic N) is 3. The fraction of sp³-hybridized carbons (Fsp3) is 0.0909. The van der Waals surface area contributed by atoms with Crippen LogP contribution in [0.25, 0.3) is 0 Å². The van der Waals surface area contributed by atoms with Gasteiger partial charge in [0.25, 0.3) is 5.69 Å². The molecule has 0 aromatic heterocycles. The van der Waals surface area contributed by atoms with Gasteiger partial charge in [0.2, 0.25) is 0 Å². The summed E-state index contributed by atoms with van der Waals surface area (Å²) in [5.74, 6) is 0.704. The quantitative estimate of drug-likeness (QED) is 0.179. The summed E-state index contributed by atoms with van der Waals surface area (Å²) in [6, 6.07) is 21.2. The van der Waals surface area contributed by atoms with Crippen molar-refractivity contribution in [1.82, 2.24) is 0 Å². The third-order valence-corrected chi connectivity index (χ3v) is 4.97. The van der Waals surface area contributed by atoms with Gasteiger partial charge in [-0.2, -0.15) is 5.26 Å². The van der Waals surface area contributed by atoms with Crippen LogP contribution in [0, 0.1) is 25.0 Å². The van der Waals surface area contributed by atoms with Crippen molar-refractivity contribution in [3.8, 4) is 11.8 Å². The average Bonchev–Trinajstić information content (AvgIpc) is 2.76. The van der Waals surface area contributed by atoms with E-state index in [1.807, 2.05) is 30.3 Å². The van der Waals surface area contributed by atoms with Gasteiger partial charge in [0.05, 0.1) is 26.3 Å². The molecule has 0 amide bonds. The molecule has 7 nitrogen and oxygen atoms in total. The Kier molecular flexibility index (Phi) is 7.34. The molecular weight excluding hydrogens is 497 g/mol. The normalized spacial score (nSPS) is 10.5. The molecule has 0 aliphatic heterocycles. The number of oxime groups is 1. The summed E-state index contributed by atoms with van der Waals surface area (Å²) in [5.41, 5.74) is 3.08. The number of ether oxygens (including phenoxy) is 1. The Bertz CT molecular complexity index is 1110. The molecule has 0 aliphatic carbocycles. The smallest absolute Gasteiger partial charge is 0.269 e. The van der Waals surface area contributed by atoms with Crippen LogP contribution in [0.3, 0.4) is 0 Å². The fourth-order valence-electron chi connectivity index (χ4n) is 2.55. The lowest BCUT2D eigenvalue weighted by molar-refractivity contribution is -0.384. The number of halogens is 1. The summed E-state index contributed by atoms with van der Waals surface area (Å²) in [6.45, 7) is 0.524. The summed E-state index contributed by atoms with van der Waals surface area (Å²) in [7, 11) is 0. The van der Waals surface area contributed by atoms with E-state index < -0.39 is 4.92 Å². The van der Waals surface area contributed by atoms with E-state index in [9.17, 15) is 10.1 Å². The van der Waals surface area contributed by atoms with Gasteiger partial charge < -0.3 is 9.57 Å². The molecule has 3 rings (SSSR count). The molecule has 0 atom stereocenters. The molecule has 0 N–H and O–H groups in total. The third-order valence-electron chi connectivity index (χ3n) is 4.13. The first-order valence-corrected chi connectivity index (χ1v) is 9.93. The van der Waals surface area contributed by atoms with E-state index >= 15 is 0 Å². The highest BCUT2D eigenvalue weighted by Gasteiger charge is 2.06. The van der Waals surface area contributed by atoms with E-state index in [-0.39, 0.29) is 12.3 Å². The lowest BCUT2D eigenvalue weighted by Gasteiger charge is -2.09. The van der Waals surface area contributed by atoms with E-state index in [2.05, 4.69) is 33.8 Å². The van der Waals surface area contributed by atoms with Gasteiger partial charge in [-0.15, -0.1) is 0 Å². The van der Waals surface area contributed by atoms with Crippen LogP contribution in [-0.2, 0) is 18.1 Å². The second kappa shape index (κ2) is 10.4. The molecule has 0 fully saturated rings. The van der Waals surface area contributed by atoms with Crippen molar-refractivity contribution in [2.24, 2.45) is 5.16 Å². The van der Waals surface area contributed by atoms with Crippen molar-refractivity contribution < 1.29 is 14.5 Å². The molecule has 3 aromatic carbocycles. The maximum absolute atomic E-state index is 10.7. The van der Waals surface area contributed by atoms with Crippen LogP contribution >= 0.6 is 22.6 Å². The Morgan fingerprint density at radius 1 is 1.10 bits per heavy atom. The number of non-ortho nitro benzene ring substituents is 1. The van der Waals surface area contributed by atoms with Crippen LogP contribution in [0.2, 0.25) is 0 Å². The van der Waals surface area contributed by atoms with E-state index in [1.54, 1.807) is 30.5 Å². The van der Waals surface area contributed by atoms with Gasteiger partial charge in [-0.05, 0) is 70.1 Å². The highest BCUT2D eigenvalue weighted by molar-refractivity contribution is 14.1. The summed E-state index contributed by atoms with van der Waals surface area (Å²) >= 11 is 2.17. The fourth-order valence-corrected chi connectivity index (χ4v) is 3.24. The minimum absolute atomic E-state index is 0.0512. The minimum Gasteiger partial charge on any atom is -0.488 e. The minimum atomic E-state index is -0.431. The van der Waals surface area contributed by atoms with Crippen LogP contribution in [0.15, 0.2) is 71.9 Å². The van der Waals surface area contributed by atoms with Gasteiger partial charge in [0, 0.05) is 17.7 Å². The van der Waals surface area contributed by atoms with Crippen molar-refractivity contribution in [1.29, 1.82) is 5.26 Å². The zero-order chi connectivity index (χ0) is 21.3. The lowest BCUT2D eigenvalue weighted by Crippen LogP contribution is -1.98. The molecule has 0 radical (unpaired) electrons. The zero-order valence-corrected chi connectivity index (χ0v) is 17.9. The topological polar surface area (TPSA) is 97.8 Å². The largest absolute Gasteiger partial charge is 0.488 e. The summed E-state index contributed by atoms with van der Waals surface area (Å²) in [4.78, 5) is 15.6. The first kappa shape index (κ1) is 21.3. The number of hydrogen-bond donors (Lipinski definition) is 0. The molecule has 150 valence electrons. The zero-order valence-electron chi connectivity index (χ0n) is 15.7. The first-order valence-electron chi connectivity index (χ1n) is 8.86. The Labute approximate surface area is 186 Å². The maximum atomic E-state index is 10.7. The van der Waals surface area contributed by atoms with Gasteiger partial charge >= 0.3 is 0 Å². The molecule has 0 unspecified atom stereocenters. The van der Waals surface area contributed by atoms with Gasteiger partial charge in [-0.1, -0.05) is 23.4 Å². The molecular formula is C22H16IN3O4. The van der Waals surface area contributed by atoms with E-state index in [0.29, 0.717) is 17.9 Å². The molecule has 0 saturated heterocycles. The second-order valence-corrected chi connectivity index (χ2v) is 7.34. The molecule has 0 spiro atoms. The standard InChI is InChI=1S/C22H16IN3O4/c23-21-11-17(13-25-30-15-19-4-2-1-3-18(19)12-24)7-10-22(21)29-14-16-5-8-20(9-6-16)26(27)28/h1-11,13H,14-15H2/b25-13-. The van der Waals surface area contributed by atoms with Crippen LogP contribution in [0.5, 0.6) is 5.75 Å². The van der Waals surface area contributed by atoms with Crippen molar-refractivity contribution >= 4 is 34.5 Å². The van der Waals surface area contributed by atoms with Crippen LogP contribution in [0.4, 0.5) is 5.69 Å². The predicted octanol–water partition coefficient (Wildman–Crippen LogP) is 5.20. The summed E-state index contributed by atoms with van der Waals surface area (Å²) < 4.78 is 6.70. The number of nitriles is 1.